The van der Waals surface area contributed by atoms with Gasteiger partial charge in [0.2, 0.25) is 0 Å². The van der Waals surface area contributed by atoms with Crippen LogP contribution >= 0.6 is 23.2 Å². The van der Waals surface area contributed by atoms with E-state index in [1.165, 1.54) is 0 Å². The number of rotatable bonds is 5. The van der Waals surface area contributed by atoms with E-state index in [1.807, 2.05) is 18.2 Å². The van der Waals surface area contributed by atoms with Gasteiger partial charge in [0, 0.05) is 10.9 Å². The Hall–Kier alpha value is -2.24. The molecule has 1 atom stereocenters. The van der Waals surface area contributed by atoms with Gasteiger partial charge in [0.15, 0.2) is 11.7 Å². The molecule has 124 valence electrons. The summed E-state index contributed by atoms with van der Waals surface area (Å²) in [6.45, 7) is 1.71. The van der Waals surface area contributed by atoms with Gasteiger partial charge in [-0.25, -0.2) is 4.79 Å². The molecule has 1 heterocycles. The number of ether oxygens (including phenoxy) is 1. The minimum absolute atomic E-state index is 0.140. The molecule has 0 spiro atoms. The highest BCUT2D eigenvalue weighted by molar-refractivity contribution is 6.44. The maximum Gasteiger partial charge on any atom is 0.344 e. The van der Waals surface area contributed by atoms with Gasteiger partial charge in [0.25, 0.3) is 0 Å². The van der Waals surface area contributed by atoms with Gasteiger partial charge in [0.05, 0.1) is 5.02 Å². The smallest absolute Gasteiger partial charge is 0.344 e. The SMILES string of the molecule is CCC(Oc1ccc(-c2noc3ccccc23)c(Cl)c1Cl)C(=O)O. The van der Waals surface area contributed by atoms with Crippen LogP contribution in [0.25, 0.3) is 22.2 Å². The molecule has 0 aliphatic heterocycles. The van der Waals surface area contributed by atoms with Crippen LogP contribution in [0.2, 0.25) is 10.0 Å². The van der Waals surface area contributed by atoms with E-state index in [0.717, 1.165) is 5.39 Å². The third-order valence-electron chi connectivity index (χ3n) is 3.59. The molecule has 0 saturated heterocycles. The lowest BCUT2D eigenvalue weighted by Gasteiger charge is -2.15. The molecule has 3 aromatic rings. The topological polar surface area (TPSA) is 72.6 Å². The third kappa shape index (κ3) is 2.92. The highest BCUT2D eigenvalue weighted by Crippen LogP contribution is 2.41. The first-order valence-electron chi connectivity index (χ1n) is 7.25. The van der Waals surface area contributed by atoms with Gasteiger partial charge >= 0.3 is 5.97 Å². The predicted octanol–water partition coefficient (Wildman–Crippen LogP) is 5.04. The van der Waals surface area contributed by atoms with Gasteiger partial charge in [-0.15, -0.1) is 0 Å². The van der Waals surface area contributed by atoms with Crippen molar-refractivity contribution in [2.45, 2.75) is 19.4 Å². The van der Waals surface area contributed by atoms with Crippen LogP contribution in [0.4, 0.5) is 0 Å². The summed E-state index contributed by atoms with van der Waals surface area (Å²) in [7, 11) is 0. The first kappa shape index (κ1) is 16.6. The summed E-state index contributed by atoms with van der Waals surface area (Å²) >= 11 is 12.6. The lowest BCUT2D eigenvalue weighted by atomic mass is 10.1. The number of benzene rings is 2. The molecule has 0 aliphatic rings. The molecule has 2 aromatic carbocycles. The van der Waals surface area contributed by atoms with Gasteiger partial charge < -0.3 is 14.4 Å². The molecule has 24 heavy (non-hydrogen) atoms. The zero-order valence-corrected chi connectivity index (χ0v) is 14.1. The zero-order chi connectivity index (χ0) is 17.3. The van der Waals surface area contributed by atoms with Crippen molar-refractivity contribution in [3.63, 3.8) is 0 Å². The van der Waals surface area contributed by atoms with E-state index in [2.05, 4.69) is 5.16 Å². The van der Waals surface area contributed by atoms with E-state index in [-0.39, 0.29) is 15.8 Å². The maximum atomic E-state index is 11.1. The molecule has 0 saturated carbocycles. The van der Waals surface area contributed by atoms with Crippen LogP contribution in [0.5, 0.6) is 5.75 Å². The summed E-state index contributed by atoms with van der Waals surface area (Å²) in [5, 5.41) is 14.3. The number of aromatic nitrogens is 1. The van der Waals surface area contributed by atoms with E-state index in [0.29, 0.717) is 23.3 Å². The lowest BCUT2D eigenvalue weighted by Crippen LogP contribution is -2.26. The summed E-state index contributed by atoms with van der Waals surface area (Å²) in [6, 6.07) is 10.7. The monoisotopic (exact) mass is 365 g/mol. The molecular weight excluding hydrogens is 353 g/mol. The Labute approximate surface area is 147 Å². The second-order valence-corrected chi connectivity index (χ2v) is 5.88. The van der Waals surface area contributed by atoms with Gasteiger partial charge in [-0.2, -0.15) is 0 Å². The summed E-state index contributed by atoms with van der Waals surface area (Å²) in [4.78, 5) is 11.1. The second kappa shape index (κ2) is 6.71. The Kier molecular flexibility index (Phi) is 4.64. The molecule has 1 aromatic heterocycles. The number of aliphatic carboxylic acids is 1. The van der Waals surface area contributed by atoms with Crippen molar-refractivity contribution in [1.29, 1.82) is 0 Å². The normalized spacial score (nSPS) is 12.3. The molecule has 3 rings (SSSR count). The van der Waals surface area contributed by atoms with E-state index in [1.54, 1.807) is 25.1 Å². The molecule has 1 unspecified atom stereocenters. The van der Waals surface area contributed by atoms with E-state index in [4.69, 9.17) is 37.6 Å². The van der Waals surface area contributed by atoms with Crippen LogP contribution in [0.15, 0.2) is 40.9 Å². The van der Waals surface area contributed by atoms with Gasteiger partial charge in [-0.1, -0.05) is 47.4 Å². The van der Waals surface area contributed by atoms with Crippen molar-refractivity contribution in [3.8, 4) is 17.0 Å². The van der Waals surface area contributed by atoms with Gasteiger partial charge in [0.1, 0.15) is 16.5 Å². The van der Waals surface area contributed by atoms with E-state index >= 15 is 0 Å². The number of carboxylic acid groups (broad SMARTS) is 1. The number of para-hydroxylation sites is 1. The van der Waals surface area contributed by atoms with Crippen LogP contribution in [0.1, 0.15) is 13.3 Å². The highest BCUT2D eigenvalue weighted by Gasteiger charge is 2.22. The highest BCUT2D eigenvalue weighted by atomic mass is 35.5. The average molecular weight is 366 g/mol. The van der Waals surface area contributed by atoms with Crippen molar-refractivity contribution < 1.29 is 19.2 Å². The number of halogens is 2. The molecule has 7 heteroatoms. The fourth-order valence-electron chi connectivity index (χ4n) is 2.35. The van der Waals surface area contributed by atoms with Crippen LogP contribution in [0, 0.1) is 0 Å². The van der Waals surface area contributed by atoms with Crippen LogP contribution in [-0.4, -0.2) is 22.3 Å². The fourth-order valence-corrected chi connectivity index (χ4v) is 2.80. The molecule has 0 aliphatic carbocycles. The average Bonchev–Trinajstić information content (AvgIpc) is 3.00. The molecule has 0 fully saturated rings. The number of carbonyl (C=O) groups is 1. The summed E-state index contributed by atoms with van der Waals surface area (Å²) in [5.74, 6) is -0.844. The Morgan fingerprint density at radius 1 is 1.25 bits per heavy atom. The predicted molar refractivity (Wildman–Crippen MR) is 91.8 cm³/mol. The van der Waals surface area contributed by atoms with Crippen LogP contribution in [-0.2, 0) is 4.79 Å². The standard InChI is InChI=1S/C17H13Cl2NO4/c1-2-11(17(21)22)23-13-8-7-10(14(18)15(13)19)16-9-5-3-4-6-12(9)24-20-16/h3-8,11H,2H2,1H3,(H,21,22). The Balaban J connectivity index is 2.03. The van der Waals surface area contributed by atoms with E-state index in [9.17, 15) is 4.79 Å². The minimum Gasteiger partial charge on any atom is -0.479 e. The van der Waals surface area contributed by atoms with Crippen molar-refractivity contribution in [1.82, 2.24) is 5.16 Å². The van der Waals surface area contributed by atoms with Crippen LogP contribution in [0.3, 0.4) is 0 Å². The van der Waals surface area contributed by atoms with Crippen molar-refractivity contribution >= 4 is 40.1 Å². The Morgan fingerprint density at radius 3 is 2.71 bits per heavy atom. The van der Waals surface area contributed by atoms with Crippen molar-refractivity contribution in [2.24, 2.45) is 0 Å². The molecular formula is C17H13Cl2NO4. The largest absolute Gasteiger partial charge is 0.479 e. The van der Waals surface area contributed by atoms with Crippen LogP contribution < -0.4 is 4.74 Å². The first-order valence-corrected chi connectivity index (χ1v) is 8.00. The fraction of sp³-hybridized carbons (Fsp3) is 0.176. The molecule has 5 nitrogen and oxygen atoms in total. The zero-order valence-electron chi connectivity index (χ0n) is 12.6. The Bertz CT molecular complexity index is 907. The van der Waals surface area contributed by atoms with E-state index < -0.39 is 12.1 Å². The van der Waals surface area contributed by atoms with Gasteiger partial charge in [-0.05, 0) is 30.7 Å². The maximum absolute atomic E-state index is 11.1. The van der Waals surface area contributed by atoms with Crippen molar-refractivity contribution in [2.75, 3.05) is 0 Å². The third-order valence-corrected chi connectivity index (χ3v) is 4.46. The second-order valence-electron chi connectivity index (χ2n) is 5.12. The quantitative estimate of drug-likeness (QED) is 0.685. The summed E-state index contributed by atoms with van der Waals surface area (Å²) < 4.78 is 10.7. The molecule has 0 amide bonds. The molecule has 0 bridgehead atoms. The van der Waals surface area contributed by atoms with Gasteiger partial charge in [-0.3, -0.25) is 0 Å². The number of nitrogens with zero attached hydrogens (tertiary/aromatic N) is 1. The summed E-state index contributed by atoms with van der Waals surface area (Å²) in [5.41, 5.74) is 1.79. The first-order chi connectivity index (χ1) is 11.5. The number of hydrogen-bond acceptors (Lipinski definition) is 4. The van der Waals surface area contributed by atoms with Crippen molar-refractivity contribution in [3.05, 3.63) is 46.4 Å². The Morgan fingerprint density at radius 2 is 2.00 bits per heavy atom. The summed E-state index contributed by atoms with van der Waals surface area (Å²) in [6.07, 6.45) is -0.684. The minimum atomic E-state index is -1.06. The lowest BCUT2D eigenvalue weighted by molar-refractivity contribution is -0.145. The molecule has 1 N–H and O–H groups in total. The molecule has 0 radical (unpaired) electrons. The number of fused-ring (bicyclic) bond motifs is 1. The number of hydrogen-bond donors (Lipinski definition) is 1. The number of carboxylic acids is 1.